The lowest BCUT2D eigenvalue weighted by Crippen LogP contribution is -2.52. The van der Waals surface area contributed by atoms with E-state index in [0.29, 0.717) is 6.54 Å². The monoisotopic (exact) mass is 462 g/mol. The van der Waals surface area contributed by atoms with Gasteiger partial charge in [0, 0.05) is 11.0 Å². The Hall–Kier alpha value is -2.19. The van der Waals surface area contributed by atoms with Crippen molar-refractivity contribution in [2.75, 3.05) is 6.54 Å². The number of aromatic amines is 1. The molecular weight excluding hydrogens is 436 g/mol. The van der Waals surface area contributed by atoms with Gasteiger partial charge in [-0.3, -0.25) is 9.59 Å². The molecule has 1 aliphatic rings. The maximum atomic E-state index is 13.2. The first-order valence-corrected chi connectivity index (χ1v) is 10.7. The van der Waals surface area contributed by atoms with Crippen LogP contribution in [0.15, 0.2) is 34.9 Å². The number of benzene rings is 1. The maximum Gasteiger partial charge on any atom is 0.249 e. The van der Waals surface area contributed by atoms with Crippen molar-refractivity contribution in [2.24, 2.45) is 5.92 Å². The second kappa shape index (κ2) is 9.09. The number of carbonyl (C=O) groups excluding carboxylic acids is 2. The van der Waals surface area contributed by atoms with Crippen LogP contribution in [0.2, 0.25) is 0 Å². The Kier molecular flexibility index (Phi) is 6.74. The number of likely N-dealkylation sites (tertiary alicyclic amines) is 1. The second-order valence-electron chi connectivity index (χ2n) is 7.78. The Balaban J connectivity index is 1.79. The molecule has 1 aliphatic heterocycles. The summed E-state index contributed by atoms with van der Waals surface area (Å²) in [5, 5.41) is 12.2. The zero-order valence-corrected chi connectivity index (χ0v) is 18.4. The molecule has 1 aromatic carbocycles. The number of carbonyl (C=O) groups is 2. The molecule has 2 heterocycles. The van der Waals surface area contributed by atoms with Crippen molar-refractivity contribution in [3.05, 3.63) is 40.8 Å². The molecule has 3 N–H and O–H groups in total. The highest BCUT2D eigenvalue weighted by Gasteiger charge is 2.37. The molecule has 0 spiro atoms. The van der Waals surface area contributed by atoms with Crippen molar-refractivity contribution >= 4 is 27.7 Å². The molecule has 3 rings (SSSR count). The van der Waals surface area contributed by atoms with Crippen molar-refractivity contribution in [1.82, 2.24) is 20.2 Å². The SMILES string of the molecule is CC(O)C(=O)NC(C(=O)N1CCCC1c1ncc(-c2ccc(Br)cc2)[nH]1)C(C)C. The summed E-state index contributed by atoms with van der Waals surface area (Å²) in [4.78, 5) is 34.9. The Bertz CT molecular complexity index is 863. The Morgan fingerprint density at radius 1 is 1.28 bits per heavy atom. The molecule has 7 nitrogen and oxygen atoms in total. The molecule has 2 aromatic rings. The van der Waals surface area contributed by atoms with Crippen LogP contribution in [-0.4, -0.2) is 50.5 Å². The minimum absolute atomic E-state index is 0.0959. The summed E-state index contributed by atoms with van der Waals surface area (Å²) in [6.07, 6.45) is 2.32. The molecule has 0 saturated carbocycles. The minimum atomic E-state index is -1.16. The quantitative estimate of drug-likeness (QED) is 0.614. The van der Waals surface area contributed by atoms with Crippen LogP contribution in [-0.2, 0) is 9.59 Å². The van der Waals surface area contributed by atoms with Crippen LogP contribution in [0.5, 0.6) is 0 Å². The lowest BCUT2D eigenvalue weighted by Gasteiger charge is -2.30. The van der Waals surface area contributed by atoms with E-state index in [1.807, 2.05) is 38.1 Å². The number of hydrogen-bond acceptors (Lipinski definition) is 4. The third-order valence-corrected chi connectivity index (χ3v) is 5.74. The van der Waals surface area contributed by atoms with Gasteiger partial charge in [0.1, 0.15) is 18.0 Å². The number of rotatable bonds is 6. The summed E-state index contributed by atoms with van der Waals surface area (Å²) >= 11 is 3.44. The Labute approximate surface area is 179 Å². The average Bonchev–Trinajstić information content (AvgIpc) is 3.34. The standard InChI is InChI=1S/C21H27BrN4O3/c1-12(2)18(25-20(28)13(3)27)21(29)26-10-4-5-17(26)19-23-11-16(24-19)14-6-8-15(22)9-7-14/h6-9,11-13,17-18,27H,4-5,10H2,1-3H3,(H,23,24)(H,25,28). The molecule has 0 radical (unpaired) electrons. The van der Waals surface area contributed by atoms with Gasteiger partial charge >= 0.3 is 0 Å². The zero-order chi connectivity index (χ0) is 21.1. The van der Waals surface area contributed by atoms with Crippen molar-refractivity contribution in [2.45, 2.75) is 51.8 Å². The highest BCUT2D eigenvalue weighted by Crippen LogP contribution is 2.32. The third kappa shape index (κ3) is 4.87. The topological polar surface area (TPSA) is 98.3 Å². The van der Waals surface area contributed by atoms with Crippen LogP contribution in [0.25, 0.3) is 11.3 Å². The smallest absolute Gasteiger partial charge is 0.249 e. The van der Waals surface area contributed by atoms with E-state index in [1.165, 1.54) is 6.92 Å². The van der Waals surface area contributed by atoms with Crippen molar-refractivity contribution < 1.29 is 14.7 Å². The Morgan fingerprint density at radius 3 is 2.59 bits per heavy atom. The number of nitrogens with zero attached hydrogens (tertiary/aromatic N) is 2. The predicted molar refractivity (Wildman–Crippen MR) is 114 cm³/mol. The normalized spacial score (nSPS) is 18.7. The number of imidazole rings is 1. The summed E-state index contributed by atoms with van der Waals surface area (Å²) < 4.78 is 1.01. The minimum Gasteiger partial charge on any atom is -0.384 e. The van der Waals surface area contributed by atoms with E-state index in [1.54, 1.807) is 11.1 Å². The Morgan fingerprint density at radius 2 is 1.97 bits per heavy atom. The van der Waals surface area contributed by atoms with Crippen LogP contribution in [0.4, 0.5) is 0 Å². The first-order valence-electron chi connectivity index (χ1n) is 9.87. The molecule has 1 aromatic heterocycles. The van der Waals surface area contributed by atoms with Gasteiger partial charge in [-0.05, 0) is 43.4 Å². The lowest BCUT2D eigenvalue weighted by atomic mass is 10.0. The predicted octanol–water partition coefficient (Wildman–Crippen LogP) is 3.02. The molecule has 1 saturated heterocycles. The highest BCUT2D eigenvalue weighted by molar-refractivity contribution is 9.10. The van der Waals surface area contributed by atoms with Gasteiger partial charge in [-0.25, -0.2) is 4.98 Å². The first-order chi connectivity index (χ1) is 13.8. The van der Waals surface area contributed by atoms with Crippen LogP contribution in [0, 0.1) is 5.92 Å². The van der Waals surface area contributed by atoms with Gasteiger partial charge in [-0.15, -0.1) is 0 Å². The molecule has 8 heteroatoms. The molecule has 3 unspecified atom stereocenters. The van der Waals surface area contributed by atoms with Gasteiger partial charge in [0.05, 0.1) is 17.9 Å². The van der Waals surface area contributed by atoms with E-state index < -0.39 is 18.1 Å². The molecule has 0 aliphatic carbocycles. The number of H-pyrrole nitrogens is 1. The fraction of sp³-hybridized carbons (Fsp3) is 0.476. The summed E-state index contributed by atoms with van der Waals surface area (Å²) in [5.41, 5.74) is 1.92. The highest BCUT2D eigenvalue weighted by atomic mass is 79.9. The van der Waals surface area contributed by atoms with Gasteiger partial charge in [-0.1, -0.05) is 41.9 Å². The molecule has 0 bridgehead atoms. The first kappa shape index (κ1) is 21.5. The summed E-state index contributed by atoms with van der Waals surface area (Å²) in [6.45, 7) is 5.77. The van der Waals surface area contributed by atoms with Crippen molar-refractivity contribution in [3.63, 3.8) is 0 Å². The van der Waals surface area contributed by atoms with E-state index in [-0.39, 0.29) is 17.9 Å². The van der Waals surface area contributed by atoms with Crippen molar-refractivity contribution in [3.8, 4) is 11.3 Å². The van der Waals surface area contributed by atoms with Gasteiger partial charge in [0.2, 0.25) is 11.8 Å². The van der Waals surface area contributed by atoms with Gasteiger partial charge in [0.15, 0.2) is 0 Å². The molecule has 156 valence electrons. The second-order valence-corrected chi connectivity index (χ2v) is 8.70. The molecule has 2 amide bonds. The largest absolute Gasteiger partial charge is 0.384 e. The van der Waals surface area contributed by atoms with E-state index in [4.69, 9.17) is 0 Å². The van der Waals surface area contributed by atoms with E-state index in [0.717, 1.165) is 34.4 Å². The molecule has 29 heavy (non-hydrogen) atoms. The average molecular weight is 463 g/mol. The van der Waals surface area contributed by atoms with E-state index in [2.05, 4.69) is 31.2 Å². The fourth-order valence-electron chi connectivity index (χ4n) is 3.56. The fourth-order valence-corrected chi connectivity index (χ4v) is 3.83. The van der Waals surface area contributed by atoms with Crippen molar-refractivity contribution in [1.29, 1.82) is 0 Å². The number of aromatic nitrogens is 2. The number of aliphatic hydroxyl groups is 1. The number of hydrogen-bond donors (Lipinski definition) is 3. The van der Waals surface area contributed by atoms with Crippen LogP contribution in [0.1, 0.15) is 45.5 Å². The van der Waals surface area contributed by atoms with Crippen LogP contribution >= 0.6 is 15.9 Å². The maximum absolute atomic E-state index is 13.2. The number of halogens is 1. The van der Waals surface area contributed by atoms with Crippen LogP contribution in [0.3, 0.4) is 0 Å². The summed E-state index contributed by atoms with van der Waals surface area (Å²) in [5.74, 6) is -0.0269. The molecule has 3 atom stereocenters. The van der Waals surface area contributed by atoms with E-state index >= 15 is 0 Å². The van der Waals surface area contributed by atoms with E-state index in [9.17, 15) is 14.7 Å². The summed E-state index contributed by atoms with van der Waals surface area (Å²) in [6, 6.07) is 7.10. The third-order valence-electron chi connectivity index (χ3n) is 5.21. The van der Waals surface area contributed by atoms with Gasteiger partial charge in [0.25, 0.3) is 0 Å². The zero-order valence-electron chi connectivity index (χ0n) is 16.9. The lowest BCUT2D eigenvalue weighted by molar-refractivity contribution is -0.140. The summed E-state index contributed by atoms with van der Waals surface area (Å²) in [7, 11) is 0. The molecule has 1 fully saturated rings. The van der Waals surface area contributed by atoms with Gasteiger partial charge in [-0.2, -0.15) is 0 Å². The van der Waals surface area contributed by atoms with Crippen LogP contribution < -0.4 is 5.32 Å². The number of aliphatic hydroxyl groups excluding tert-OH is 1. The molecular formula is C21H27BrN4O3. The number of nitrogens with one attached hydrogen (secondary N) is 2. The number of amides is 2. The van der Waals surface area contributed by atoms with Gasteiger partial charge < -0.3 is 20.3 Å².